The maximum Gasteiger partial charge on any atom is 0.217 e. The summed E-state index contributed by atoms with van der Waals surface area (Å²) in [4.78, 5) is 16.0. The number of rotatable bonds is 6. The van der Waals surface area contributed by atoms with Crippen LogP contribution in [0.3, 0.4) is 0 Å². The van der Waals surface area contributed by atoms with E-state index >= 15 is 0 Å². The highest BCUT2D eigenvalue weighted by Crippen LogP contribution is 2.45. The maximum absolute atomic E-state index is 10.9. The van der Waals surface area contributed by atoms with E-state index in [-0.39, 0.29) is 5.91 Å². The lowest BCUT2D eigenvalue weighted by Crippen LogP contribution is -2.47. The van der Waals surface area contributed by atoms with Gasteiger partial charge in [-0.3, -0.25) is 9.69 Å². The summed E-state index contributed by atoms with van der Waals surface area (Å²) in [6, 6.07) is 9.11. The average Bonchev–Trinajstić information content (AvgIpc) is 2.68. The van der Waals surface area contributed by atoms with Gasteiger partial charge in [0.1, 0.15) is 0 Å². The van der Waals surface area contributed by atoms with Crippen molar-refractivity contribution in [3.05, 3.63) is 29.8 Å². The number of hydrogen-bond acceptors (Lipinski definition) is 3. The molecule has 3 rings (SSSR count). The molecule has 1 aliphatic carbocycles. The van der Waals surface area contributed by atoms with Gasteiger partial charge in [0.2, 0.25) is 5.91 Å². The van der Waals surface area contributed by atoms with Gasteiger partial charge in [0.05, 0.1) is 0 Å². The highest BCUT2D eigenvalue weighted by molar-refractivity contribution is 5.73. The number of primary amides is 1. The summed E-state index contributed by atoms with van der Waals surface area (Å²) in [5.74, 6) is 1.39. The number of para-hydroxylation sites is 1. The number of nitrogens with zero attached hydrogens (tertiary/aromatic N) is 2. The molecule has 1 aromatic carbocycles. The van der Waals surface area contributed by atoms with E-state index in [1.165, 1.54) is 31.4 Å². The smallest absolute Gasteiger partial charge is 0.217 e. The topological polar surface area (TPSA) is 49.6 Å². The summed E-state index contributed by atoms with van der Waals surface area (Å²) in [5, 5.41) is 0. The van der Waals surface area contributed by atoms with E-state index in [9.17, 15) is 4.79 Å². The minimum Gasteiger partial charge on any atom is -0.370 e. The van der Waals surface area contributed by atoms with Crippen LogP contribution in [0, 0.1) is 11.3 Å². The van der Waals surface area contributed by atoms with Crippen LogP contribution >= 0.6 is 0 Å². The Morgan fingerprint density at radius 3 is 2.29 bits per heavy atom. The fourth-order valence-corrected chi connectivity index (χ4v) is 5.08. The Morgan fingerprint density at radius 2 is 1.68 bits per heavy atom. The molecule has 156 valence electrons. The molecule has 2 aliphatic rings. The number of amides is 1. The van der Waals surface area contributed by atoms with Crippen LogP contribution in [0.1, 0.15) is 70.8 Å². The Balaban J connectivity index is 1.57. The lowest BCUT2D eigenvalue weighted by Gasteiger charge is -2.40. The summed E-state index contributed by atoms with van der Waals surface area (Å²) < 4.78 is 0. The molecule has 1 aromatic rings. The van der Waals surface area contributed by atoms with Gasteiger partial charge in [-0.2, -0.15) is 0 Å². The van der Waals surface area contributed by atoms with E-state index < -0.39 is 0 Å². The van der Waals surface area contributed by atoms with Crippen LogP contribution in [-0.4, -0.2) is 43.5 Å². The quantitative estimate of drug-likeness (QED) is 0.790. The Hall–Kier alpha value is -1.55. The van der Waals surface area contributed by atoms with Crippen molar-refractivity contribution < 1.29 is 4.79 Å². The second kappa shape index (κ2) is 9.30. The van der Waals surface area contributed by atoms with Crippen molar-refractivity contribution in [2.24, 2.45) is 17.1 Å². The molecule has 1 saturated carbocycles. The minimum absolute atomic E-state index is 0.186. The zero-order chi connectivity index (χ0) is 20.1. The Morgan fingerprint density at radius 1 is 1.04 bits per heavy atom. The second-order valence-corrected chi connectivity index (χ2v) is 9.87. The van der Waals surface area contributed by atoms with Crippen molar-refractivity contribution in [1.29, 1.82) is 0 Å². The monoisotopic (exact) mass is 385 g/mol. The molecule has 0 bridgehead atoms. The van der Waals surface area contributed by atoms with Crippen LogP contribution in [0.15, 0.2) is 24.3 Å². The van der Waals surface area contributed by atoms with Crippen molar-refractivity contribution in [3.8, 4) is 0 Å². The van der Waals surface area contributed by atoms with Gasteiger partial charge in [-0.1, -0.05) is 39.0 Å². The number of carbonyl (C=O) groups excluding carboxylic acids is 1. The van der Waals surface area contributed by atoms with E-state index in [1.54, 1.807) is 5.56 Å². The molecule has 4 nitrogen and oxygen atoms in total. The molecule has 2 fully saturated rings. The zero-order valence-electron chi connectivity index (χ0n) is 18.1. The first kappa shape index (κ1) is 21.2. The highest BCUT2D eigenvalue weighted by atomic mass is 16.1. The first-order valence-corrected chi connectivity index (χ1v) is 11.2. The summed E-state index contributed by atoms with van der Waals surface area (Å²) in [6.07, 6.45) is 6.74. The zero-order valence-corrected chi connectivity index (χ0v) is 18.1. The molecule has 0 radical (unpaired) electrons. The summed E-state index contributed by atoms with van der Waals surface area (Å²) >= 11 is 0. The van der Waals surface area contributed by atoms with Crippen LogP contribution < -0.4 is 10.6 Å². The molecule has 0 spiro atoms. The highest BCUT2D eigenvalue weighted by Gasteiger charge is 2.31. The van der Waals surface area contributed by atoms with Crippen LogP contribution in [-0.2, 0) is 4.79 Å². The summed E-state index contributed by atoms with van der Waals surface area (Å²) in [7, 11) is 0. The van der Waals surface area contributed by atoms with Gasteiger partial charge >= 0.3 is 0 Å². The van der Waals surface area contributed by atoms with Gasteiger partial charge < -0.3 is 10.6 Å². The average molecular weight is 386 g/mol. The molecule has 1 amide bonds. The number of hydrogen-bond donors (Lipinski definition) is 1. The third-order valence-corrected chi connectivity index (χ3v) is 6.94. The molecule has 0 unspecified atom stereocenters. The molecule has 1 heterocycles. The summed E-state index contributed by atoms with van der Waals surface area (Å²) in [6.45, 7) is 12.5. The Kier molecular flexibility index (Phi) is 7.03. The Bertz CT molecular complexity index is 635. The molecule has 1 aliphatic heterocycles. The number of carbonyl (C=O) groups is 1. The second-order valence-electron chi connectivity index (χ2n) is 9.87. The van der Waals surface area contributed by atoms with Crippen molar-refractivity contribution >= 4 is 11.6 Å². The van der Waals surface area contributed by atoms with Crippen molar-refractivity contribution in [2.45, 2.75) is 65.2 Å². The lowest BCUT2D eigenvalue weighted by molar-refractivity contribution is -0.118. The molecule has 28 heavy (non-hydrogen) atoms. The minimum atomic E-state index is -0.186. The third kappa shape index (κ3) is 5.50. The van der Waals surface area contributed by atoms with Crippen molar-refractivity contribution in [2.75, 3.05) is 37.6 Å². The van der Waals surface area contributed by atoms with Gasteiger partial charge in [0.25, 0.3) is 0 Å². The molecule has 0 atom stereocenters. The van der Waals surface area contributed by atoms with Crippen molar-refractivity contribution in [1.82, 2.24) is 4.90 Å². The molecular formula is C24H39N3O. The van der Waals surface area contributed by atoms with E-state index in [4.69, 9.17) is 5.73 Å². The fraction of sp³-hybridized carbons (Fsp3) is 0.708. The van der Waals surface area contributed by atoms with Crippen molar-refractivity contribution in [3.63, 3.8) is 0 Å². The Labute approximate surface area is 171 Å². The molecular weight excluding hydrogens is 346 g/mol. The molecule has 0 aromatic heterocycles. The van der Waals surface area contributed by atoms with E-state index in [1.807, 2.05) is 0 Å². The SMILES string of the molecule is CC(C)(C)C1CCC(c2ccccc2N2CCN(CCCC(N)=O)CC2)CC1. The largest absolute Gasteiger partial charge is 0.370 e. The van der Waals surface area contributed by atoms with E-state index in [0.29, 0.717) is 17.8 Å². The molecule has 4 heteroatoms. The maximum atomic E-state index is 10.9. The number of benzene rings is 1. The first-order valence-electron chi connectivity index (χ1n) is 11.2. The van der Waals surface area contributed by atoms with Gasteiger partial charge in [-0.15, -0.1) is 0 Å². The number of nitrogens with two attached hydrogens (primary N) is 1. The van der Waals surface area contributed by atoms with Crippen LogP contribution in [0.4, 0.5) is 5.69 Å². The van der Waals surface area contributed by atoms with E-state index in [0.717, 1.165) is 45.1 Å². The predicted octanol–water partition coefficient (Wildman–Crippen LogP) is 4.39. The standard InChI is InChI=1S/C24H39N3O/c1-24(2,3)20-12-10-19(11-13-20)21-7-4-5-8-22(21)27-17-15-26(16-18-27)14-6-9-23(25)28/h4-5,7-8,19-20H,6,9-18H2,1-3H3,(H2,25,28). The number of anilines is 1. The molecule has 2 N–H and O–H groups in total. The van der Waals surface area contributed by atoms with Crippen LogP contribution in [0.2, 0.25) is 0 Å². The van der Waals surface area contributed by atoms with Gasteiger partial charge in [0.15, 0.2) is 0 Å². The fourth-order valence-electron chi connectivity index (χ4n) is 5.08. The summed E-state index contributed by atoms with van der Waals surface area (Å²) in [5.41, 5.74) is 8.72. The predicted molar refractivity (Wildman–Crippen MR) is 118 cm³/mol. The van der Waals surface area contributed by atoms with E-state index in [2.05, 4.69) is 54.8 Å². The lowest BCUT2D eigenvalue weighted by atomic mass is 9.68. The van der Waals surface area contributed by atoms with Gasteiger partial charge in [-0.05, 0) is 67.5 Å². The normalized spacial score (nSPS) is 24.3. The molecule has 1 saturated heterocycles. The van der Waals surface area contributed by atoms with Gasteiger partial charge in [-0.25, -0.2) is 0 Å². The van der Waals surface area contributed by atoms with Crippen LogP contribution in [0.25, 0.3) is 0 Å². The third-order valence-electron chi connectivity index (χ3n) is 6.94. The van der Waals surface area contributed by atoms with Gasteiger partial charge in [0, 0.05) is 38.3 Å². The van der Waals surface area contributed by atoms with Crippen LogP contribution in [0.5, 0.6) is 0 Å². The number of piperazine rings is 1. The first-order chi connectivity index (χ1) is 13.3.